The fourth-order valence-electron chi connectivity index (χ4n) is 0.996. The van der Waals surface area contributed by atoms with Gasteiger partial charge in [-0.05, 0) is 26.7 Å². The summed E-state index contributed by atoms with van der Waals surface area (Å²) in [7, 11) is 0. The van der Waals surface area contributed by atoms with Crippen LogP contribution in [0.4, 0.5) is 0 Å². The van der Waals surface area contributed by atoms with Crippen molar-refractivity contribution in [1.29, 1.82) is 0 Å². The molecular weight excluding hydrogens is 152 g/mol. The average molecular weight is 173 g/mol. The molecular formula is C10H21O2. The van der Waals surface area contributed by atoms with Crippen LogP contribution in [0.5, 0.6) is 0 Å². The van der Waals surface area contributed by atoms with Crippen LogP contribution in [0.15, 0.2) is 0 Å². The van der Waals surface area contributed by atoms with Crippen LogP contribution >= 0.6 is 0 Å². The molecule has 73 valence electrons. The van der Waals surface area contributed by atoms with Crippen LogP contribution in [-0.4, -0.2) is 18.3 Å². The highest BCUT2D eigenvalue weighted by atomic mass is 16.5. The van der Waals surface area contributed by atoms with Crippen LogP contribution in [0, 0.1) is 0 Å². The molecule has 0 spiro atoms. The largest absolute Gasteiger partial charge is 0.378 e. The highest BCUT2D eigenvalue weighted by molar-refractivity contribution is 4.64. The van der Waals surface area contributed by atoms with E-state index < -0.39 is 5.60 Å². The van der Waals surface area contributed by atoms with E-state index in [9.17, 15) is 5.11 Å². The van der Waals surface area contributed by atoms with E-state index in [0.717, 1.165) is 12.8 Å². The quantitative estimate of drug-likeness (QED) is 0.607. The van der Waals surface area contributed by atoms with E-state index in [0.29, 0.717) is 19.1 Å². The monoisotopic (exact) mass is 173 g/mol. The number of rotatable bonds is 6. The molecule has 0 unspecified atom stereocenters. The first-order valence-corrected chi connectivity index (χ1v) is 4.81. The van der Waals surface area contributed by atoms with E-state index in [2.05, 4.69) is 13.8 Å². The van der Waals surface area contributed by atoms with Crippen LogP contribution in [-0.2, 0) is 9.84 Å². The van der Waals surface area contributed by atoms with Crippen molar-refractivity contribution in [1.82, 2.24) is 0 Å². The van der Waals surface area contributed by atoms with Gasteiger partial charge in [0.2, 0.25) is 0 Å². The van der Waals surface area contributed by atoms with Crippen molar-refractivity contribution in [3.63, 3.8) is 0 Å². The van der Waals surface area contributed by atoms with Crippen LogP contribution in [0.3, 0.4) is 0 Å². The van der Waals surface area contributed by atoms with E-state index in [-0.39, 0.29) is 0 Å². The van der Waals surface area contributed by atoms with Crippen LogP contribution in [0.25, 0.3) is 0 Å². The Kier molecular flexibility index (Phi) is 5.51. The lowest BCUT2D eigenvalue weighted by Crippen LogP contribution is -2.21. The molecule has 0 aliphatic carbocycles. The second kappa shape index (κ2) is 5.55. The van der Waals surface area contributed by atoms with Crippen molar-refractivity contribution in [3.05, 3.63) is 0 Å². The molecule has 0 aliphatic heterocycles. The van der Waals surface area contributed by atoms with Gasteiger partial charge in [0, 0.05) is 13.0 Å². The van der Waals surface area contributed by atoms with Crippen LogP contribution in [0.2, 0.25) is 0 Å². The molecule has 0 bridgehead atoms. The Morgan fingerprint density at radius 2 is 1.75 bits per heavy atom. The summed E-state index contributed by atoms with van der Waals surface area (Å²) in [6.45, 7) is 8.21. The van der Waals surface area contributed by atoms with E-state index in [1.165, 1.54) is 0 Å². The summed E-state index contributed by atoms with van der Waals surface area (Å²) < 4.78 is 5.52. The molecule has 0 rings (SSSR count). The minimum absolute atomic E-state index is 0.340. The molecule has 2 heteroatoms. The summed E-state index contributed by atoms with van der Waals surface area (Å²) in [5, 5.41) is 11.2. The molecule has 0 atom stereocenters. The Bertz CT molecular complexity index is 101. The Balaban J connectivity index is 3.41. The van der Waals surface area contributed by atoms with Gasteiger partial charge in [0.05, 0.1) is 6.10 Å². The maximum absolute atomic E-state index is 11.2. The van der Waals surface area contributed by atoms with Crippen molar-refractivity contribution in [3.8, 4) is 0 Å². The molecule has 0 N–H and O–H groups in total. The van der Waals surface area contributed by atoms with E-state index in [4.69, 9.17) is 4.74 Å². The second-order valence-corrected chi connectivity index (χ2v) is 3.82. The fourth-order valence-corrected chi connectivity index (χ4v) is 0.996. The van der Waals surface area contributed by atoms with Crippen LogP contribution in [0.1, 0.15) is 47.0 Å². The standard InChI is InChI=1S/C10H21O2/c1-5-9(6-2)12-8-7-10(3,4)11/h9H,5-8H2,1-4H3. The summed E-state index contributed by atoms with van der Waals surface area (Å²) in [6.07, 6.45) is 3.02. The van der Waals surface area contributed by atoms with Crippen LogP contribution < -0.4 is 0 Å². The normalized spacial score (nSPS) is 12.5. The van der Waals surface area contributed by atoms with Crippen molar-refractivity contribution >= 4 is 0 Å². The molecule has 0 saturated carbocycles. The Morgan fingerprint density at radius 3 is 2.08 bits per heavy atom. The van der Waals surface area contributed by atoms with Gasteiger partial charge >= 0.3 is 0 Å². The third kappa shape index (κ3) is 6.62. The number of hydrogen-bond acceptors (Lipinski definition) is 1. The van der Waals surface area contributed by atoms with Crippen molar-refractivity contribution in [2.24, 2.45) is 0 Å². The lowest BCUT2D eigenvalue weighted by Gasteiger charge is -2.17. The first-order valence-electron chi connectivity index (χ1n) is 4.81. The molecule has 0 amide bonds. The molecule has 0 aromatic carbocycles. The van der Waals surface area contributed by atoms with E-state index >= 15 is 0 Å². The lowest BCUT2D eigenvalue weighted by atomic mass is 10.1. The predicted molar refractivity (Wildman–Crippen MR) is 49.7 cm³/mol. The van der Waals surface area contributed by atoms with E-state index in [1.54, 1.807) is 13.8 Å². The predicted octanol–water partition coefficient (Wildman–Crippen LogP) is 2.79. The van der Waals surface area contributed by atoms with Gasteiger partial charge in [0.1, 0.15) is 5.60 Å². The minimum Gasteiger partial charge on any atom is -0.378 e. The average Bonchev–Trinajstić information content (AvgIpc) is 1.96. The molecule has 0 aliphatic rings. The third-order valence-electron chi connectivity index (χ3n) is 1.97. The van der Waals surface area contributed by atoms with Crippen molar-refractivity contribution < 1.29 is 9.84 Å². The third-order valence-corrected chi connectivity index (χ3v) is 1.97. The minimum atomic E-state index is -0.841. The van der Waals surface area contributed by atoms with Gasteiger partial charge in [-0.15, -0.1) is 0 Å². The Morgan fingerprint density at radius 1 is 1.25 bits per heavy atom. The first kappa shape index (κ1) is 11.9. The first-order chi connectivity index (χ1) is 5.49. The highest BCUT2D eigenvalue weighted by Gasteiger charge is 2.15. The Labute approximate surface area is 75.9 Å². The van der Waals surface area contributed by atoms with Gasteiger partial charge in [0.25, 0.3) is 0 Å². The maximum Gasteiger partial charge on any atom is 0.100 e. The van der Waals surface area contributed by atoms with Gasteiger partial charge in [-0.3, -0.25) is 0 Å². The summed E-state index contributed by atoms with van der Waals surface area (Å²) in [6, 6.07) is 0. The molecule has 12 heavy (non-hydrogen) atoms. The maximum atomic E-state index is 11.2. The fraction of sp³-hybridized carbons (Fsp3) is 1.00. The molecule has 0 aromatic heterocycles. The summed E-state index contributed by atoms with van der Waals surface area (Å²) >= 11 is 0. The number of hydrogen-bond donors (Lipinski definition) is 0. The van der Waals surface area contributed by atoms with Gasteiger partial charge in [-0.1, -0.05) is 13.8 Å². The summed E-state index contributed by atoms with van der Waals surface area (Å²) in [5.41, 5.74) is -0.841. The van der Waals surface area contributed by atoms with Gasteiger partial charge in [-0.2, -0.15) is 0 Å². The molecule has 0 heterocycles. The van der Waals surface area contributed by atoms with Gasteiger partial charge in [-0.25, -0.2) is 5.11 Å². The van der Waals surface area contributed by atoms with Gasteiger partial charge < -0.3 is 4.74 Å². The second-order valence-electron chi connectivity index (χ2n) is 3.82. The van der Waals surface area contributed by atoms with Crippen molar-refractivity contribution in [2.45, 2.75) is 58.7 Å². The molecule has 0 aromatic rings. The molecule has 0 saturated heterocycles. The summed E-state index contributed by atoms with van der Waals surface area (Å²) in [4.78, 5) is 0. The number of ether oxygens (including phenoxy) is 1. The zero-order valence-corrected chi connectivity index (χ0v) is 8.72. The Hall–Kier alpha value is -0.0800. The molecule has 1 radical (unpaired) electrons. The molecule has 2 nitrogen and oxygen atoms in total. The smallest absolute Gasteiger partial charge is 0.100 e. The van der Waals surface area contributed by atoms with E-state index in [1.807, 2.05) is 0 Å². The zero-order chi connectivity index (χ0) is 9.61. The zero-order valence-electron chi connectivity index (χ0n) is 8.72. The topological polar surface area (TPSA) is 29.1 Å². The summed E-state index contributed by atoms with van der Waals surface area (Å²) in [5.74, 6) is 0. The van der Waals surface area contributed by atoms with Gasteiger partial charge in [0.15, 0.2) is 0 Å². The SMILES string of the molecule is CCC(CC)OCCC(C)(C)[O]. The lowest BCUT2D eigenvalue weighted by molar-refractivity contribution is -0.0409. The van der Waals surface area contributed by atoms with Crippen molar-refractivity contribution in [2.75, 3.05) is 6.61 Å². The molecule has 0 fully saturated rings. The highest BCUT2D eigenvalue weighted by Crippen LogP contribution is 2.10.